The Bertz CT molecular complexity index is 1160. The average molecular weight is 458 g/mol. The van der Waals surface area contributed by atoms with Crippen molar-refractivity contribution in [3.63, 3.8) is 0 Å². The fraction of sp³-hybridized carbons (Fsp3) is 0.286. The Hall–Kier alpha value is -3.51. The van der Waals surface area contributed by atoms with Gasteiger partial charge in [0.15, 0.2) is 0 Å². The molecule has 0 aromatic heterocycles. The second kappa shape index (κ2) is 9.77. The van der Waals surface area contributed by atoms with Crippen LogP contribution < -0.4 is 10.2 Å². The summed E-state index contributed by atoms with van der Waals surface area (Å²) in [6.45, 7) is 3.86. The summed E-state index contributed by atoms with van der Waals surface area (Å²) >= 11 is 0. The minimum absolute atomic E-state index is 0.0970. The Morgan fingerprint density at radius 1 is 1.09 bits per heavy atom. The number of benzene rings is 3. The number of rotatable bonds is 6. The number of nitrogens with one attached hydrogen (secondary N) is 1. The molecule has 0 radical (unpaired) electrons. The molecular formula is C28H28FN3O2. The van der Waals surface area contributed by atoms with Gasteiger partial charge in [0.05, 0.1) is 23.7 Å². The molecule has 5 nitrogen and oxygen atoms in total. The molecule has 1 fully saturated rings. The van der Waals surface area contributed by atoms with Gasteiger partial charge in [-0.15, -0.1) is 0 Å². The minimum Gasteiger partial charge on any atom is -0.465 e. The van der Waals surface area contributed by atoms with Gasteiger partial charge in [0.25, 0.3) is 0 Å². The summed E-state index contributed by atoms with van der Waals surface area (Å²) in [5.74, 6) is -0.502. The number of halogens is 1. The normalized spacial score (nSPS) is 18.7. The third kappa shape index (κ3) is 4.33. The van der Waals surface area contributed by atoms with Gasteiger partial charge >= 0.3 is 5.97 Å². The van der Waals surface area contributed by atoms with Crippen LogP contribution in [0.1, 0.15) is 36.0 Å². The van der Waals surface area contributed by atoms with E-state index in [2.05, 4.69) is 10.2 Å². The number of carbonyl (C=O) groups excluding carboxylic acids is 1. The topological polar surface area (TPSA) is 53.9 Å². The van der Waals surface area contributed by atoms with Gasteiger partial charge in [0.2, 0.25) is 0 Å². The second-order valence-corrected chi connectivity index (χ2v) is 8.65. The first-order valence-corrected chi connectivity index (χ1v) is 11.8. The number of anilines is 1. The largest absolute Gasteiger partial charge is 0.465 e. The zero-order valence-corrected chi connectivity index (χ0v) is 19.2. The summed E-state index contributed by atoms with van der Waals surface area (Å²) in [6.07, 6.45) is 0.869. The lowest BCUT2D eigenvalue weighted by Crippen LogP contribution is -2.46. The molecule has 34 heavy (non-hydrogen) atoms. The first-order valence-electron chi connectivity index (χ1n) is 11.8. The number of hydrogen-bond acceptors (Lipinski definition) is 5. The molecule has 2 aliphatic rings. The average Bonchev–Trinajstić information content (AvgIpc) is 3.17. The molecule has 174 valence electrons. The maximum absolute atomic E-state index is 14.9. The number of piperidine rings is 1. The van der Waals surface area contributed by atoms with E-state index in [1.54, 1.807) is 13.0 Å². The van der Waals surface area contributed by atoms with Gasteiger partial charge in [-0.25, -0.2) is 9.38 Å². The standard InChI is InChI=1S/C28H28FN3O2/c1-2-34-26(33)18-32-25-13-14-30-17-23(25)22-15-21(29)16-24(28(22)32)31-27(19-9-5-3-6-10-19)20-11-7-4-8-12-20/h3-12,15-16,23,25,30H,2,13-14,17-18H2,1H3. The van der Waals surface area contributed by atoms with Crippen molar-refractivity contribution in [3.05, 3.63) is 95.3 Å². The lowest BCUT2D eigenvalue weighted by molar-refractivity contribution is -0.141. The van der Waals surface area contributed by atoms with Crippen LogP contribution in [0.15, 0.2) is 77.8 Å². The van der Waals surface area contributed by atoms with E-state index in [4.69, 9.17) is 9.73 Å². The van der Waals surface area contributed by atoms with E-state index in [1.807, 2.05) is 60.7 Å². The van der Waals surface area contributed by atoms with Gasteiger partial charge in [0.1, 0.15) is 12.4 Å². The maximum atomic E-state index is 14.9. The molecule has 5 rings (SSSR count). The van der Waals surface area contributed by atoms with E-state index in [-0.39, 0.29) is 30.3 Å². The molecule has 2 heterocycles. The van der Waals surface area contributed by atoms with E-state index in [9.17, 15) is 9.18 Å². The van der Waals surface area contributed by atoms with Gasteiger partial charge in [-0.1, -0.05) is 60.7 Å². The molecule has 0 saturated carbocycles. The lowest BCUT2D eigenvalue weighted by Gasteiger charge is -2.33. The molecule has 2 unspecified atom stereocenters. The minimum atomic E-state index is -0.319. The Morgan fingerprint density at radius 3 is 2.41 bits per heavy atom. The Balaban J connectivity index is 1.68. The Kier molecular flexibility index (Phi) is 6.41. The summed E-state index contributed by atoms with van der Waals surface area (Å²) < 4.78 is 20.2. The number of carbonyl (C=O) groups is 1. The van der Waals surface area contributed by atoms with E-state index in [0.717, 1.165) is 47.6 Å². The van der Waals surface area contributed by atoms with Crippen LogP contribution in [0.5, 0.6) is 0 Å². The number of aliphatic imine (C=N–C) groups is 1. The van der Waals surface area contributed by atoms with Crippen molar-refractivity contribution in [3.8, 4) is 0 Å². The molecular weight excluding hydrogens is 429 g/mol. The zero-order valence-electron chi connectivity index (χ0n) is 19.2. The fourth-order valence-corrected chi connectivity index (χ4v) is 5.14. The fourth-order valence-electron chi connectivity index (χ4n) is 5.14. The summed E-state index contributed by atoms with van der Waals surface area (Å²) in [5.41, 5.74) is 4.93. The predicted octanol–water partition coefficient (Wildman–Crippen LogP) is 4.82. The van der Waals surface area contributed by atoms with Gasteiger partial charge in [0, 0.05) is 35.7 Å². The summed E-state index contributed by atoms with van der Waals surface area (Å²) in [7, 11) is 0. The molecule has 3 aromatic rings. The molecule has 0 aliphatic carbocycles. The predicted molar refractivity (Wildman–Crippen MR) is 133 cm³/mol. The van der Waals surface area contributed by atoms with Crippen LogP contribution in [0, 0.1) is 5.82 Å². The summed E-state index contributed by atoms with van der Waals surface area (Å²) in [5, 5.41) is 3.43. The Labute approximate surface area is 199 Å². The summed E-state index contributed by atoms with van der Waals surface area (Å²) in [6, 6.07) is 23.0. The van der Waals surface area contributed by atoms with Crippen LogP contribution in [-0.4, -0.2) is 44.0 Å². The van der Waals surface area contributed by atoms with Gasteiger partial charge in [-0.05, 0) is 31.5 Å². The quantitative estimate of drug-likeness (QED) is 0.426. The SMILES string of the molecule is CCOC(=O)CN1c2c(N=C(c3ccccc3)c3ccccc3)cc(F)cc2C2CNCCC21. The first-order chi connectivity index (χ1) is 16.7. The second-order valence-electron chi connectivity index (χ2n) is 8.65. The lowest BCUT2D eigenvalue weighted by atomic mass is 9.90. The molecule has 6 heteroatoms. The van der Waals surface area contributed by atoms with E-state index in [0.29, 0.717) is 12.3 Å². The number of fused-ring (bicyclic) bond motifs is 3. The molecule has 0 amide bonds. The number of nitrogens with zero attached hydrogens (tertiary/aromatic N) is 2. The van der Waals surface area contributed by atoms with E-state index >= 15 is 0 Å². The van der Waals surface area contributed by atoms with Gasteiger partial charge < -0.3 is 15.0 Å². The molecule has 3 aromatic carbocycles. The van der Waals surface area contributed by atoms with Crippen LogP contribution in [-0.2, 0) is 9.53 Å². The highest BCUT2D eigenvalue weighted by atomic mass is 19.1. The number of esters is 1. The monoisotopic (exact) mass is 457 g/mol. The van der Waals surface area contributed by atoms with Crippen molar-refractivity contribution in [2.75, 3.05) is 31.1 Å². The van der Waals surface area contributed by atoms with Crippen molar-refractivity contribution in [2.45, 2.75) is 25.3 Å². The maximum Gasteiger partial charge on any atom is 0.325 e. The number of hydrogen-bond donors (Lipinski definition) is 1. The molecule has 1 N–H and O–H groups in total. The smallest absolute Gasteiger partial charge is 0.325 e. The Morgan fingerprint density at radius 2 is 1.76 bits per heavy atom. The van der Waals surface area contributed by atoms with Gasteiger partial charge in [-0.3, -0.25) is 4.79 Å². The highest BCUT2D eigenvalue weighted by molar-refractivity contribution is 6.14. The number of ether oxygens (including phenoxy) is 1. The van der Waals surface area contributed by atoms with Crippen molar-refractivity contribution in [2.24, 2.45) is 4.99 Å². The summed E-state index contributed by atoms with van der Waals surface area (Å²) in [4.78, 5) is 19.7. The van der Waals surface area contributed by atoms with Crippen LogP contribution in [0.2, 0.25) is 0 Å². The van der Waals surface area contributed by atoms with Crippen LogP contribution in [0.25, 0.3) is 0 Å². The van der Waals surface area contributed by atoms with Crippen molar-refractivity contribution in [1.29, 1.82) is 0 Å². The third-order valence-electron chi connectivity index (χ3n) is 6.55. The van der Waals surface area contributed by atoms with Crippen molar-refractivity contribution >= 4 is 23.1 Å². The van der Waals surface area contributed by atoms with Gasteiger partial charge in [-0.2, -0.15) is 0 Å². The van der Waals surface area contributed by atoms with Crippen LogP contribution in [0.4, 0.5) is 15.8 Å². The molecule has 0 bridgehead atoms. The third-order valence-corrected chi connectivity index (χ3v) is 6.55. The highest BCUT2D eigenvalue weighted by Crippen LogP contribution is 2.48. The van der Waals surface area contributed by atoms with Crippen molar-refractivity contribution in [1.82, 2.24) is 5.32 Å². The van der Waals surface area contributed by atoms with Crippen LogP contribution in [0.3, 0.4) is 0 Å². The van der Waals surface area contributed by atoms with Crippen molar-refractivity contribution < 1.29 is 13.9 Å². The van der Waals surface area contributed by atoms with E-state index < -0.39 is 0 Å². The zero-order chi connectivity index (χ0) is 23.5. The van der Waals surface area contributed by atoms with E-state index in [1.165, 1.54) is 6.07 Å². The molecule has 2 aliphatic heterocycles. The molecule has 0 spiro atoms. The highest BCUT2D eigenvalue weighted by Gasteiger charge is 2.42. The van der Waals surface area contributed by atoms with Crippen LogP contribution >= 0.6 is 0 Å². The molecule has 1 saturated heterocycles. The first kappa shape index (κ1) is 22.3. The molecule has 2 atom stereocenters.